The van der Waals surface area contributed by atoms with Gasteiger partial charge in [-0.2, -0.15) is 0 Å². The SMILES string of the molecule is COc1ccc2c(c1)C=C[C@@H]1N2[C@H](C(C)=O)[C@H](C(=O)c2ccc(F)cc2)[C@]12C(=O)Nc1ccccc12. The van der Waals surface area contributed by atoms with Crippen molar-refractivity contribution in [3.05, 3.63) is 95.3 Å². The summed E-state index contributed by atoms with van der Waals surface area (Å²) in [4.78, 5) is 43.5. The number of rotatable bonds is 4. The molecule has 36 heavy (non-hydrogen) atoms. The molecule has 1 fully saturated rings. The molecule has 6 rings (SSSR count). The number of carbonyl (C=O) groups is 3. The van der Waals surface area contributed by atoms with Crippen molar-refractivity contribution in [1.29, 1.82) is 0 Å². The summed E-state index contributed by atoms with van der Waals surface area (Å²) >= 11 is 0. The number of ether oxygens (including phenoxy) is 1. The van der Waals surface area contributed by atoms with Crippen molar-refractivity contribution in [2.45, 2.75) is 24.4 Å². The lowest BCUT2D eigenvalue weighted by atomic mass is 9.64. The predicted octanol–water partition coefficient (Wildman–Crippen LogP) is 4.40. The molecule has 0 saturated carbocycles. The van der Waals surface area contributed by atoms with E-state index in [9.17, 15) is 18.8 Å². The third-order valence-corrected chi connectivity index (χ3v) is 7.67. The second-order valence-corrected chi connectivity index (χ2v) is 9.41. The molecule has 3 heterocycles. The number of fused-ring (bicyclic) bond motifs is 6. The molecule has 180 valence electrons. The summed E-state index contributed by atoms with van der Waals surface area (Å²) in [6, 6.07) is 16.6. The van der Waals surface area contributed by atoms with Gasteiger partial charge in [0.1, 0.15) is 17.0 Å². The fourth-order valence-electron chi connectivity index (χ4n) is 6.23. The maximum Gasteiger partial charge on any atom is 0.238 e. The first-order valence-electron chi connectivity index (χ1n) is 11.7. The maximum atomic E-state index is 14.2. The molecule has 0 unspecified atom stereocenters. The third kappa shape index (κ3) is 2.86. The zero-order valence-corrected chi connectivity index (χ0v) is 19.7. The molecule has 1 amide bonds. The Morgan fingerprint density at radius 3 is 2.53 bits per heavy atom. The normalized spacial score (nSPS) is 25.2. The molecule has 4 atom stereocenters. The van der Waals surface area contributed by atoms with Crippen molar-refractivity contribution in [3.8, 4) is 5.75 Å². The summed E-state index contributed by atoms with van der Waals surface area (Å²) in [5.74, 6) is -1.78. The number of hydrogen-bond donors (Lipinski definition) is 1. The van der Waals surface area contributed by atoms with Crippen LogP contribution in [0.2, 0.25) is 0 Å². The molecule has 0 bridgehead atoms. The summed E-state index contributed by atoms with van der Waals surface area (Å²) in [7, 11) is 1.58. The van der Waals surface area contributed by atoms with E-state index >= 15 is 0 Å². The summed E-state index contributed by atoms with van der Waals surface area (Å²) in [6.45, 7) is 1.45. The van der Waals surface area contributed by atoms with Gasteiger partial charge in [-0.15, -0.1) is 0 Å². The van der Waals surface area contributed by atoms with Crippen LogP contribution in [0.25, 0.3) is 6.08 Å². The van der Waals surface area contributed by atoms with Gasteiger partial charge in [0.05, 0.1) is 25.1 Å². The van der Waals surface area contributed by atoms with Gasteiger partial charge in [0.2, 0.25) is 5.91 Å². The van der Waals surface area contributed by atoms with E-state index in [0.717, 1.165) is 11.3 Å². The number of nitrogens with one attached hydrogen (secondary N) is 1. The highest BCUT2D eigenvalue weighted by Crippen LogP contribution is 2.57. The standard InChI is InChI=1S/C29H23FN2O4/c1-16(33)26-25(27(34)17-7-10-19(30)11-8-17)29(21-5-3-4-6-22(21)31-28(29)35)24-14-9-18-15-20(36-2)12-13-23(18)32(24)26/h3-15,24-26H,1-2H3,(H,31,35)/t24-,25+,26+,29+/m0/s1. The van der Waals surface area contributed by atoms with Gasteiger partial charge in [-0.25, -0.2) is 4.39 Å². The minimum Gasteiger partial charge on any atom is -0.497 e. The van der Waals surface area contributed by atoms with Crippen molar-refractivity contribution in [2.75, 3.05) is 17.3 Å². The minimum absolute atomic E-state index is 0.230. The van der Waals surface area contributed by atoms with E-state index in [-0.39, 0.29) is 23.0 Å². The van der Waals surface area contributed by atoms with Gasteiger partial charge in [0.25, 0.3) is 0 Å². The van der Waals surface area contributed by atoms with Gasteiger partial charge in [-0.05, 0) is 61.0 Å². The number of anilines is 2. The Bertz CT molecular complexity index is 1460. The van der Waals surface area contributed by atoms with Crippen LogP contribution in [0, 0.1) is 11.7 Å². The second-order valence-electron chi connectivity index (χ2n) is 9.41. The Balaban J connectivity index is 1.64. The fourth-order valence-corrected chi connectivity index (χ4v) is 6.23. The Morgan fingerprint density at radius 2 is 1.81 bits per heavy atom. The van der Waals surface area contributed by atoms with Crippen LogP contribution in [0.15, 0.2) is 72.8 Å². The molecule has 3 aliphatic rings. The van der Waals surface area contributed by atoms with Gasteiger partial charge in [-0.3, -0.25) is 14.4 Å². The highest BCUT2D eigenvalue weighted by molar-refractivity contribution is 6.16. The minimum atomic E-state index is -1.35. The quantitative estimate of drug-likeness (QED) is 0.558. The molecule has 0 aromatic heterocycles. The summed E-state index contributed by atoms with van der Waals surface area (Å²) in [5, 5.41) is 2.97. The number of para-hydroxylation sites is 1. The van der Waals surface area contributed by atoms with E-state index in [0.29, 0.717) is 17.0 Å². The molecule has 1 spiro atoms. The van der Waals surface area contributed by atoms with E-state index in [1.807, 2.05) is 47.4 Å². The van der Waals surface area contributed by atoms with Gasteiger partial charge in [-0.1, -0.05) is 30.4 Å². The van der Waals surface area contributed by atoms with E-state index in [1.54, 1.807) is 19.2 Å². The molecule has 1 saturated heterocycles. The third-order valence-electron chi connectivity index (χ3n) is 7.67. The van der Waals surface area contributed by atoms with Crippen LogP contribution in [0.1, 0.15) is 28.4 Å². The van der Waals surface area contributed by atoms with Gasteiger partial charge in [0, 0.05) is 22.5 Å². The Kier molecular flexibility index (Phi) is 4.86. The second kappa shape index (κ2) is 7.88. The maximum absolute atomic E-state index is 14.2. The lowest BCUT2D eigenvalue weighted by Crippen LogP contribution is -2.51. The summed E-state index contributed by atoms with van der Waals surface area (Å²) in [5.41, 5.74) is 1.77. The molecule has 0 aliphatic carbocycles. The molecule has 7 heteroatoms. The number of Topliss-reactive ketones (excluding diaryl/α,β-unsaturated/α-hetero) is 2. The largest absolute Gasteiger partial charge is 0.497 e. The Labute approximate surface area is 207 Å². The highest BCUT2D eigenvalue weighted by atomic mass is 19.1. The molecule has 3 aromatic rings. The number of amides is 1. The average molecular weight is 483 g/mol. The highest BCUT2D eigenvalue weighted by Gasteiger charge is 2.69. The molecular weight excluding hydrogens is 459 g/mol. The molecular formula is C29H23FN2O4. The van der Waals surface area contributed by atoms with Crippen molar-refractivity contribution < 1.29 is 23.5 Å². The van der Waals surface area contributed by atoms with Crippen molar-refractivity contribution in [3.63, 3.8) is 0 Å². The van der Waals surface area contributed by atoms with Crippen molar-refractivity contribution in [2.24, 2.45) is 5.92 Å². The van der Waals surface area contributed by atoms with E-state index in [2.05, 4.69) is 5.32 Å². The topological polar surface area (TPSA) is 75.7 Å². The monoisotopic (exact) mass is 482 g/mol. The summed E-state index contributed by atoms with van der Waals surface area (Å²) < 4.78 is 19.1. The van der Waals surface area contributed by atoms with Gasteiger partial charge < -0.3 is 15.0 Å². The Morgan fingerprint density at radius 1 is 1.06 bits per heavy atom. The van der Waals surface area contributed by atoms with E-state index < -0.39 is 29.2 Å². The fraction of sp³-hybridized carbons (Fsp3) is 0.207. The first-order chi connectivity index (χ1) is 17.4. The van der Waals surface area contributed by atoms with Crippen LogP contribution < -0.4 is 15.0 Å². The lowest BCUT2D eigenvalue weighted by molar-refractivity contribution is -0.122. The number of hydrogen-bond acceptors (Lipinski definition) is 5. The Hall–Kier alpha value is -4.26. The smallest absolute Gasteiger partial charge is 0.238 e. The van der Waals surface area contributed by atoms with Gasteiger partial charge >= 0.3 is 0 Å². The first-order valence-corrected chi connectivity index (χ1v) is 11.7. The molecule has 3 aliphatic heterocycles. The lowest BCUT2D eigenvalue weighted by Gasteiger charge is -2.37. The van der Waals surface area contributed by atoms with Crippen molar-refractivity contribution in [1.82, 2.24) is 0 Å². The predicted molar refractivity (Wildman–Crippen MR) is 134 cm³/mol. The number of nitrogens with zero attached hydrogens (tertiary/aromatic N) is 1. The first kappa shape index (κ1) is 22.2. The molecule has 0 radical (unpaired) electrons. The number of ketones is 2. The van der Waals surface area contributed by atoms with Crippen LogP contribution in [-0.4, -0.2) is 36.7 Å². The van der Waals surface area contributed by atoms with E-state index in [1.165, 1.54) is 31.2 Å². The van der Waals surface area contributed by atoms with E-state index in [4.69, 9.17) is 4.74 Å². The van der Waals surface area contributed by atoms with Crippen LogP contribution in [-0.2, 0) is 15.0 Å². The number of methoxy groups -OCH3 is 1. The van der Waals surface area contributed by atoms with Gasteiger partial charge in [0.15, 0.2) is 11.6 Å². The zero-order valence-electron chi connectivity index (χ0n) is 19.7. The molecule has 6 nitrogen and oxygen atoms in total. The summed E-state index contributed by atoms with van der Waals surface area (Å²) in [6.07, 6.45) is 3.81. The van der Waals surface area contributed by atoms with Crippen LogP contribution in [0.5, 0.6) is 5.75 Å². The van der Waals surface area contributed by atoms with Crippen molar-refractivity contribution >= 4 is 34.9 Å². The zero-order chi connectivity index (χ0) is 25.2. The number of benzene rings is 3. The number of carbonyl (C=O) groups excluding carboxylic acids is 3. The van der Waals surface area contributed by atoms with Crippen LogP contribution in [0.3, 0.4) is 0 Å². The van der Waals surface area contributed by atoms with Crippen LogP contribution >= 0.6 is 0 Å². The molecule has 3 aromatic carbocycles. The molecule has 1 N–H and O–H groups in total. The average Bonchev–Trinajstić information content (AvgIpc) is 3.36. The van der Waals surface area contributed by atoms with Crippen LogP contribution in [0.4, 0.5) is 15.8 Å². The number of halogens is 1.